The summed E-state index contributed by atoms with van der Waals surface area (Å²) in [5.74, 6) is -1.70. The minimum Gasteiger partial charge on any atom is -0.462 e. The molecule has 0 unspecified atom stereocenters. The number of oxazole rings is 1. The van der Waals surface area contributed by atoms with Crippen molar-refractivity contribution >= 4 is 17.6 Å². The third kappa shape index (κ3) is 5.50. The van der Waals surface area contributed by atoms with Crippen molar-refractivity contribution in [2.75, 3.05) is 11.9 Å². The van der Waals surface area contributed by atoms with E-state index in [0.29, 0.717) is 17.9 Å². The summed E-state index contributed by atoms with van der Waals surface area (Å²) in [6.45, 7) is 2.26. The monoisotopic (exact) mass is 414 g/mol. The maximum atomic E-state index is 13.8. The largest absolute Gasteiger partial charge is 0.462 e. The van der Waals surface area contributed by atoms with Crippen LogP contribution < -0.4 is 5.32 Å². The van der Waals surface area contributed by atoms with Gasteiger partial charge < -0.3 is 14.5 Å². The molecule has 0 saturated heterocycles. The molecular formula is C22H20F2N2O4. The number of rotatable bonds is 8. The van der Waals surface area contributed by atoms with Gasteiger partial charge in [0.1, 0.15) is 11.6 Å². The molecule has 1 N–H and O–H groups in total. The number of anilines is 1. The predicted molar refractivity (Wildman–Crippen MR) is 106 cm³/mol. The summed E-state index contributed by atoms with van der Waals surface area (Å²) in [6, 6.07) is 9.53. The van der Waals surface area contributed by atoms with Crippen LogP contribution in [0, 0.1) is 11.6 Å². The third-order valence-electron chi connectivity index (χ3n) is 4.16. The number of nitrogens with one attached hydrogen (secondary N) is 1. The number of carbonyl (C=O) groups is 2. The van der Waals surface area contributed by atoms with Gasteiger partial charge >= 0.3 is 5.97 Å². The summed E-state index contributed by atoms with van der Waals surface area (Å²) < 4.78 is 37.3. The van der Waals surface area contributed by atoms with Gasteiger partial charge in [-0.05, 0) is 42.8 Å². The van der Waals surface area contributed by atoms with Gasteiger partial charge in [-0.2, -0.15) is 0 Å². The molecule has 0 aliphatic heterocycles. The molecule has 0 saturated carbocycles. The lowest BCUT2D eigenvalue weighted by atomic mass is 10.2. The van der Waals surface area contributed by atoms with Crippen molar-refractivity contribution in [3.8, 4) is 11.3 Å². The van der Waals surface area contributed by atoms with Crippen molar-refractivity contribution in [1.82, 2.24) is 4.98 Å². The smallest absolute Gasteiger partial charge is 0.338 e. The number of halogens is 2. The fourth-order valence-electron chi connectivity index (χ4n) is 2.65. The number of amides is 1. The van der Waals surface area contributed by atoms with Gasteiger partial charge in [-0.3, -0.25) is 4.79 Å². The first-order valence-electron chi connectivity index (χ1n) is 9.43. The molecule has 156 valence electrons. The lowest BCUT2D eigenvalue weighted by Gasteiger charge is -2.06. The van der Waals surface area contributed by atoms with Crippen LogP contribution >= 0.6 is 0 Å². The summed E-state index contributed by atoms with van der Waals surface area (Å²) in [5, 5.41) is 2.71. The Morgan fingerprint density at radius 1 is 1.13 bits per heavy atom. The van der Waals surface area contributed by atoms with Crippen LogP contribution in [0.5, 0.6) is 0 Å². The van der Waals surface area contributed by atoms with Gasteiger partial charge in [0.25, 0.3) is 0 Å². The second kappa shape index (κ2) is 9.78. The molecule has 0 aliphatic carbocycles. The number of hydrogen-bond acceptors (Lipinski definition) is 5. The van der Waals surface area contributed by atoms with E-state index in [9.17, 15) is 18.4 Å². The Morgan fingerprint density at radius 2 is 1.90 bits per heavy atom. The fraction of sp³-hybridized carbons (Fsp3) is 0.227. The zero-order chi connectivity index (χ0) is 21.5. The predicted octanol–water partition coefficient (Wildman–Crippen LogP) is 4.76. The molecule has 30 heavy (non-hydrogen) atoms. The van der Waals surface area contributed by atoms with Gasteiger partial charge in [-0.1, -0.05) is 6.92 Å². The van der Waals surface area contributed by atoms with Crippen molar-refractivity contribution in [3.05, 3.63) is 71.8 Å². The molecule has 3 rings (SSSR count). The molecule has 1 aromatic heterocycles. The van der Waals surface area contributed by atoms with E-state index in [0.717, 1.165) is 18.6 Å². The molecule has 0 bridgehead atoms. The second-order valence-electron chi connectivity index (χ2n) is 6.50. The molecule has 2 aromatic carbocycles. The van der Waals surface area contributed by atoms with E-state index in [1.807, 2.05) is 6.92 Å². The first kappa shape index (κ1) is 21.2. The standard InChI is InChI=1S/C22H20F2N2O4/c1-2-11-29-22(28)14-3-6-16(7-4-14)26-20(27)9-10-21-25-13-19(30-21)17-8-5-15(23)12-18(17)24/h3-8,12-13H,2,9-11H2,1H3,(H,26,27). The molecule has 0 atom stereocenters. The summed E-state index contributed by atoms with van der Waals surface area (Å²) in [4.78, 5) is 27.9. The maximum Gasteiger partial charge on any atom is 0.338 e. The Kier molecular flexibility index (Phi) is 6.90. The van der Waals surface area contributed by atoms with Gasteiger partial charge in [0.15, 0.2) is 11.7 Å². The Morgan fingerprint density at radius 3 is 2.60 bits per heavy atom. The zero-order valence-electron chi connectivity index (χ0n) is 16.3. The van der Waals surface area contributed by atoms with E-state index in [4.69, 9.17) is 9.15 Å². The van der Waals surface area contributed by atoms with E-state index in [2.05, 4.69) is 10.3 Å². The Bertz CT molecular complexity index is 1030. The number of hydrogen-bond donors (Lipinski definition) is 1. The van der Waals surface area contributed by atoms with Crippen molar-refractivity contribution in [1.29, 1.82) is 0 Å². The number of ether oxygens (including phenoxy) is 1. The van der Waals surface area contributed by atoms with Crippen LogP contribution in [0.25, 0.3) is 11.3 Å². The molecule has 0 fully saturated rings. The van der Waals surface area contributed by atoms with Gasteiger partial charge in [0.05, 0.1) is 23.9 Å². The van der Waals surface area contributed by atoms with Gasteiger partial charge in [-0.25, -0.2) is 18.6 Å². The van der Waals surface area contributed by atoms with Crippen LogP contribution in [0.2, 0.25) is 0 Å². The zero-order valence-corrected chi connectivity index (χ0v) is 16.3. The van der Waals surface area contributed by atoms with E-state index >= 15 is 0 Å². The highest BCUT2D eigenvalue weighted by Crippen LogP contribution is 2.24. The summed E-state index contributed by atoms with van der Waals surface area (Å²) in [7, 11) is 0. The maximum absolute atomic E-state index is 13.8. The summed E-state index contributed by atoms with van der Waals surface area (Å²) in [5.41, 5.74) is 1.03. The third-order valence-corrected chi connectivity index (χ3v) is 4.16. The van der Waals surface area contributed by atoms with E-state index < -0.39 is 17.6 Å². The molecule has 0 aliphatic rings. The average Bonchev–Trinajstić information content (AvgIpc) is 3.20. The summed E-state index contributed by atoms with van der Waals surface area (Å²) >= 11 is 0. The van der Waals surface area contributed by atoms with Crippen LogP contribution in [0.1, 0.15) is 36.0 Å². The molecule has 6 nitrogen and oxygen atoms in total. The normalized spacial score (nSPS) is 10.6. The molecule has 1 amide bonds. The highest BCUT2D eigenvalue weighted by molar-refractivity contribution is 5.93. The lowest BCUT2D eigenvalue weighted by molar-refractivity contribution is -0.116. The molecule has 8 heteroatoms. The number of nitrogens with zero attached hydrogens (tertiary/aromatic N) is 1. The van der Waals surface area contributed by atoms with Crippen molar-refractivity contribution in [2.45, 2.75) is 26.2 Å². The quantitative estimate of drug-likeness (QED) is 0.538. The molecule has 3 aromatic rings. The highest BCUT2D eigenvalue weighted by atomic mass is 19.1. The van der Waals surface area contributed by atoms with Crippen LogP contribution in [0.4, 0.5) is 14.5 Å². The molecule has 0 spiro atoms. The van der Waals surface area contributed by atoms with Crippen molar-refractivity contribution < 1.29 is 27.5 Å². The number of aromatic nitrogens is 1. The lowest BCUT2D eigenvalue weighted by Crippen LogP contribution is -2.12. The second-order valence-corrected chi connectivity index (χ2v) is 6.50. The average molecular weight is 414 g/mol. The Labute approximate surface area is 171 Å². The fourth-order valence-corrected chi connectivity index (χ4v) is 2.65. The van der Waals surface area contributed by atoms with Crippen LogP contribution in [0.3, 0.4) is 0 Å². The number of aryl methyl sites for hydroxylation is 1. The van der Waals surface area contributed by atoms with E-state index in [1.165, 1.54) is 12.3 Å². The number of benzene rings is 2. The minimum absolute atomic E-state index is 0.0894. The Balaban J connectivity index is 1.52. The van der Waals surface area contributed by atoms with Crippen LogP contribution in [0.15, 0.2) is 53.1 Å². The topological polar surface area (TPSA) is 81.4 Å². The van der Waals surface area contributed by atoms with Crippen molar-refractivity contribution in [3.63, 3.8) is 0 Å². The van der Waals surface area contributed by atoms with Gasteiger partial charge in [0, 0.05) is 24.6 Å². The van der Waals surface area contributed by atoms with E-state index in [-0.39, 0.29) is 36.0 Å². The van der Waals surface area contributed by atoms with E-state index in [1.54, 1.807) is 24.3 Å². The van der Waals surface area contributed by atoms with Gasteiger partial charge in [0.2, 0.25) is 5.91 Å². The van der Waals surface area contributed by atoms with Gasteiger partial charge in [-0.15, -0.1) is 0 Å². The first-order chi connectivity index (χ1) is 14.5. The van der Waals surface area contributed by atoms with Crippen LogP contribution in [-0.4, -0.2) is 23.5 Å². The molecule has 1 heterocycles. The van der Waals surface area contributed by atoms with Crippen molar-refractivity contribution in [2.24, 2.45) is 0 Å². The summed E-state index contributed by atoms with van der Waals surface area (Å²) in [6.07, 6.45) is 2.37. The SMILES string of the molecule is CCCOC(=O)c1ccc(NC(=O)CCc2ncc(-c3ccc(F)cc3F)o2)cc1. The highest BCUT2D eigenvalue weighted by Gasteiger charge is 2.13. The van der Waals surface area contributed by atoms with Crippen LogP contribution in [-0.2, 0) is 16.0 Å². The number of esters is 1. The molecular weight excluding hydrogens is 394 g/mol. The minimum atomic E-state index is -0.752. The first-order valence-corrected chi connectivity index (χ1v) is 9.43. The Hall–Kier alpha value is -3.55. The number of carbonyl (C=O) groups excluding carboxylic acids is 2. The molecule has 0 radical (unpaired) electrons.